The molecule has 1 heterocycles. The van der Waals surface area contributed by atoms with Gasteiger partial charge in [-0.1, -0.05) is 17.7 Å². The number of hydrogen-bond donors (Lipinski definition) is 1. The van der Waals surface area contributed by atoms with Crippen LogP contribution in [0.3, 0.4) is 0 Å². The van der Waals surface area contributed by atoms with Gasteiger partial charge < -0.3 is 15.0 Å². The first-order chi connectivity index (χ1) is 13.0. The third-order valence-electron chi connectivity index (χ3n) is 4.69. The maximum Gasteiger partial charge on any atom is 0.271 e. The van der Waals surface area contributed by atoms with E-state index in [0.29, 0.717) is 29.3 Å². The summed E-state index contributed by atoms with van der Waals surface area (Å²) < 4.78 is 5.20. The van der Waals surface area contributed by atoms with E-state index in [2.05, 4.69) is 10.2 Å². The number of benzene rings is 2. The molecule has 0 spiro atoms. The van der Waals surface area contributed by atoms with E-state index < -0.39 is 4.92 Å². The van der Waals surface area contributed by atoms with Crippen LogP contribution in [0.15, 0.2) is 42.5 Å². The van der Waals surface area contributed by atoms with Crippen LogP contribution in [-0.2, 0) is 4.79 Å². The molecule has 1 aliphatic rings. The molecule has 0 aliphatic carbocycles. The number of carbonyl (C=O) groups excluding carboxylic acids is 1. The van der Waals surface area contributed by atoms with Gasteiger partial charge >= 0.3 is 0 Å². The van der Waals surface area contributed by atoms with Crippen molar-refractivity contribution >= 4 is 34.6 Å². The van der Waals surface area contributed by atoms with Crippen molar-refractivity contribution < 1.29 is 14.5 Å². The Kier molecular flexibility index (Phi) is 5.81. The zero-order valence-corrected chi connectivity index (χ0v) is 15.6. The highest BCUT2D eigenvalue weighted by molar-refractivity contribution is 6.30. The number of anilines is 2. The molecule has 7 nitrogen and oxygen atoms in total. The summed E-state index contributed by atoms with van der Waals surface area (Å²) in [4.78, 5) is 25.3. The van der Waals surface area contributed by atoms with Crippen LogP contribution in [0, 0.1) is 16.0 Å². The molecule has 0 aromatic heterocycles. The second kappa shape index (κ2) is 8.26. The van der Waals surface area contributed by atoms with Gasteiger partial charge in [-0.25, -0.2) is 0 Å². The molecular weight excluding hydrogens is 370 g/mol. The Bertz CT molecular complexity index is 851. The van der Waals surface area contributed by atoms with Gasteiger partial charge in [-0.3, -0.25) is 14.9 Å². The second-order valence-corrected chi connectivity index (χ2v) is 6.81. The van der Waals surface area contributed by atoms with Crippen molar-refractivity contribution in [1.29, 1.82) is 0 Å². The van der Waals surface area contributed by atoms with Crippen LogP contribution in [0.2, 0.25) is 5.02 Å². The molecule has 1 amide bonds. The number of nitro groups is 1. The van der Waals surface area contributed by atoms with Gasteiger partial charge in [-0.2, -0.15) is 0 Å². The highest BCUT2D eigenvalue weighted by atomic mass is 35.5. The summed E-state index contributed by atoms with van der Waals surface area (Å²) in [6.45, 7) is 1.48. The molecule has 0 saturated carbocycles. The molecule has 1 fully saturated rings. The lowest BCUT2D eigenvalue weighted by atomic mass is 9.95. The van der Waals surface area contributed by atoms with Gasteiger partial charge in [0.05, 0.1) is 17.7 Å². The fraction of sp³-hybridized carbons (Fsp3) is 0.316. The van der Waals surface area contributed by atoms with Gasteiger partial charge in [-0.15, -0.1) is 0 Å². The number of non-ortho nitro benzene ring substituents is 1. The largest absolute Gasteiger partial charge is 0.495 e. The topological polar surface area (TPSA) is 84.7 Å². The summed E-state index contributed by atoms with van der Waals surface area (Å²) >= 11 is 6.05. The first-order valence-corrected chi connectivity index (χ1v) is 8.99. The van der Waals surface area contributed by atoms with Crippen molar-refractivity contribution in [2.24, 2.45) is 5.92 Å². The van der Waals surface area contributed by atoms with Crippen LogP contribution in [0.1, 0.15) is 12.8 Å². The minimum absolute atomic E-state index is 0.0955. The van der Waals surface area contributed by atoms with Gasteiger partial charge in [-0.05, 0) is 37.1 Å². The third-order valence-corrected chi connectivity index (χ3v) is 4.93. The predicted molar refractivity (Wildman–Crippen MR) is 105 cm³/mol. The number of halogens is 1. The molecule has 2 aromatic carbocycles. The summed E-state index contributed by atoms with van der Waals surface area (Å²) in [6.07, 6.45) is 1.38. The summed E-state index contributed by atoms with van der Waals surface area (Å²) in [6, 6.07) is 11.8. The fourth-order valence-corrected chi connectivity index (χ4v) is 3.40. The Morgan fingerprint density at radius 3 is 2.63 bits per heavy atom. The van der Waals surface area contributed by atoms with Gasteiger partial charge in [0, 0.05) is 41.9 Å². The first-order valence-electron chi connectivity index (χ1n) is 8.61. The molecule has 0 atom stereocenters. The maximum absolute atomic E-state index is 12.6. The molecular formula is C19H20ClN3O4. The van der Waals surface area contributed by atoms with E-state index in [9.17, 15) is 14.9 Å². The molecule has 0 unspecified atom stereocenters. The molecule has 0 radical (unpaired) electrons. The van der Waals surface area contributed by atoms with Crippen LogP contribution in [0.4, 0.5) is 17.1 Å². The maximum atomic E-state index is 12.6. The van der Waals surface area contributed by atoms with E-state index in [0.717, 1.165) is 18.8 Å². The Hall–Kier alpha value is -2.80. The smallest absolute Gasteiger partial charge is 0.271 e. The fourth-order valence-electron chi connectivity index (χ4n) is 3.21. The van der Waals surface area contributed by atoms with Crippen molar-refractivity contribution in [1.82, 2.24) is 0 Å². The van der Waals surface area contributed by atoms with Gasteiger partial charge in [0.25, 0.3) is 5.69 Å². The molecule has 1 N–H and O–H groups in total. The number of nitro benzene ring substituents is 1. The SMILES string of the molecule is COc1ccc([N+](=O)[O-])cc1NC(=O)C1CCN(c2cccc(Cl)c2)CC1. The van der Waals surface area contributed by atoms with Crippen molar-refractivity contribution in [3.05, 3.63) is 57.6 Å². The second-order valence-electron chi connectivity index (χ2n) is 6.37. The predicted octanol–water partition coefficient (Wildman–Crippen LogP) is 4.11. The molecule has 0 bridgehead atoms. The summed E-state index contributed by atoms with van der Waals surface area (Å²) in [5, 5.41) is 14.4. The summed E-state index contributed by atoms with van der Waals surface area (Å²) in [5.41, 5.74) is 1.26. The number of amides is 1. The van der Waals surface area contributed by atoms with E-state index in [4.69, 9.17) is 16.3 Å². The number of ether oxygens (including phenoxy) is 1. The molecule has 142 valence electrons. The summed E-state index contributed by atoms with van der Waals surface area (Å²) in [5.74, 6) is 0.0780. The van der Waals surface area contributed by atoms with E-state index in [1.54, 1.807) is 0 Å². The zero-order valence-electron chi connectivity index (χ0n) is 14.9. The van der Waals surface area contributed by atoms with E-state index in [1.165, 1.54) is 25.3 Å². The van der Waals surface area contributed by atoms with Crippen LogP contribution < -0.4 is 15.0 Å². The molecule has 2 aromatic rings. The number of carbonyl (C=O) groups is 1. The molecule has 3 rings (SSSR count). The highest BCUT2D eigenvalue weighted by Crippen LogP contribution is 2.31. The Labute approximate surface area is 162 Å². The lowest BCUT2D eigenvalue weighted by Gasteiger charge is -2.33. The Balaban J connectivity index is 1.65. The number of rotatable bonds is 5. The van der Waals surface area contributed by atoms with Crippen molar-refractivity contribution in [2.45, 2.75) is 12.8 Å². The average Bonchev–Trinajstić information content (AvgIpc) is 2.68. The Morgan fingerprint density at radius 1 is 1.26 bits per heavy atom. The number of methoxy groups -OCH3 is 1. The number of nitrogens with zero attached hydrogens (tertiary/aromatic N) is 2. The van der Waals surface area contributed by atoms with E-state index in [1.807, 2.05) is 24.3 Å². The lowest BCUT2D eigenvalue weighted by Crippen LogP contribution is -2.38. The van der Waals surface area contributed by atoms with Crippen molar-refractivity contribution in [3.8, 4) is 5.75 Å². The standard InChI is InChI=1S/C19H20ClN3O4/c1-27-18-6-5-16(23(25)26)12-17(18)21-19(24)13-7-9-22(10-8-13)15-4-2-3-14(20)11-15/h2-6,11-13H,7-10H2,1H3,(H,21,24). The first kappa shape index (κ1) is 19.0. The third kappa shape index (κ3) is 4.49. The minimum atomic E-state index is -0.501. The van der Waals surface area contributed by atoms with E-state index >= 15 is 0 Å². The molecule has 1 aliphatic heterocycles. The number of hydrogen-bond acceptors (Lipinski definition) is 5. The number of nitrogens with one attached hydrogen (secondary N) is 1. The van der Waals surface area contributed by atoms with Gasteiger partial charge in [0.1, 0.15) is 5.75 Å². The summed E-state index contributed by atoms with van der Waals surface area (Å²) in [7, 11) is 1.46. The monoisotopic (exact) mass is 389 g/mol. The molecule has 1 saturated heterocycles. The van der Waals surface area contributed by atoms with Crippen molar-refractivity contribution in [3.63, 3.8) is 0 Å². The minimum Gasteiger partial charge on any atom is -0.495 e. The lowest BCUT2D eigenvalue weighted by molar-refractivity contribution is -0.384. The van der Waals surface area contributed by atoms with Crippen molar-refractivity contribution in [2.75, 3.05) is 30.4 Å². The van der Waals surface area contributed by atoms with Crippen LogP contribution in [-0.4, -0.2) is 31.0 Å². The quantitative estimate of drug-likeness (QED) is 0.614. The van der Waals surface area contributed by atoms with Gasteiger partial charge in [0.2, 0.25) is 5.91 Å². The molecule has 8 heteroatoms. The molecule has 27 heavy (non-hydrogen) atoms. The van der Waals surface area contributed by atoms with Crippen LogP contribution in [0.25, 0.3) is 0 Å². The Morgan fingerprint density at radius 2 is 2.00 bits per heavy atom. The van der Waals surface area contributed by atoms with Crippen LogP contribution in [0.5, 0.6) is 5.75 Å². The van der Waals surface area contributed by atoms with Gasteiger partial charge in [0.15, 0.2) is 0 Å². The number of piperidine rings is 1. The average molecular weight is 390 g/mol. The zero-order chi connectivity index (χ0) is 19.4. The van der Waals surface area contributed by atoms with E-state index in [-0.39, 0.29) is 17.5 Å². The highest BCUT2D eigenvalue weighted by Gasteiger charge is 2.26. The normalized spacial score (nSPS) is 14.7. The van der Waals surface area contributed by atoms with Crippen LogP contribution >= 0.6 is 11.6 Å².